The fourth-order valence-electron chi connectivity index (χ4n) is 3.82. The molecule has 0 aromatic heterocycles. The lowest BCUT2D eigenvalue weighted by Gasteiger charge is -2.05. The zero-order chi connectivity index (χ0) is 20.5. The van der Waals surface area contributed by atoms with Gasteiger partial charge in [-0.3, -0.25) is 0 Å². The summed E-state index contributed by atoms with van der Waals surface area (Å²) in [4.78, 5) is 0. The highest BCUT2D eigenvalue weighted by molar-refractivity contribution is 7.99. The fraction of sp³-hybridized carbons (Fsp3) is 1.00. The second kappa shape index (κ2) is 25.3. The van der Waals surface area contributed by atoms with Gasteiger partial charge in [-0.25, -0.2) is 0 Å². The van der Waals surface area contributed by atoms with Crippen LogP contribution in [0.25, 0.3) is 0 Å². The van der Waals surface area contributed by atoms with Crippen molar-refractivity contribution in [2.45, 2.75) is 155 Å². The Morgan fingerprint density at radius 2 is 0.821 bits per heavy atom. The van der Waals surface area contributed by atoms with Crippen LogP contribution in [-0.4, -0.2) is 22.7 Å². The minimum absolute atomic E-state index is 0.103. The number of thioether (sulfide) groups is 1. The molecule has 0 bridgehead atoms. The van der Waals surface area contributed by atoms with E-state index in [1.165, 1.54) is 140 Å². The summed E-state index contributed by atoms with van der Waals surface area (Å²) < 4.78 is 0. The van der Waals surface area contributed by atoms with Gasteiger partial charge in [0.2, 0.25) is 0 Å². The topological polar surface area (TPSA) is 20.2 Å². The molecule has 0 aliphatic heterocycles. The smallest absolute Gasteiger partial charge is 0.0512 e. The molecule has 0 radical (unpaired) electrons. The van der Waals surface area contributed by atoms with E-state index in [0.717, 1.165) is 6.42 Å². The molecule has 0 aliphatic rings. The van der Waals surface area contributed by atoms with E-state index in [4.69, 9.17) is 0 Å². The Bertz CT molecular complexity index is 267. The van der Waals surface area contributed by atoms with Crippen LogP contribution in [0.15, 0.2) is 0 Å². The third-order valence-corrected chi connectivity index (χ3v) is 6.96. The normalized spacial score (nSPS) is 12.5. The molecule has 2 heteroatoms. The van der Waals surface area contributed by atoms with Crippen molar-refractivity contribution >= 4 is 11.8 Å². The molecular weight excluding hydrogens is 360 g/mol. The van der Waals surface area contributed by atoms with E-state index in [1.54, 1.807) is 0 Å². The molecule has 0 aromatic rings. The van der Waals surface area contributed by atoms with Gasteiger partial charge in [0.25, 0.3) is 0 Å². The monoisotopic (exact) mass is 414 g/mol. The van der Waals surface area contributed by atoms with E-state index >= 15 is 0 Å². The van der Waals surface area contributed by atoms with Crippen LogP contribution in [0.1, 0.15) is 149 Å². The van der Waals surface area contributed by atoms with Crippen LogP contribution in [-0.2, 0) is 0 Å². The first-order valence-electron chi connectivity index (χ1n) is 13.0. The zero-order valence-corrected chi connectivity index (χ0v) is 20.5. The van der Waals surface area contributed by atoms with Crippen LogP contribution < -0.4 is 0 Å². The van der Waals surface area contributed by atoms with Gasteiger partial charge in [0.15, 0.2) is 0 Å². The quantitative estimate of drug-likeness (QED) is 0.159. The maximum absolute atomic E-state index is 9.22. The second-order valence-electron chi connectivity index (χ2n) is 8.97. The lowest BCUT2D eigenvalue weighted by molar-refractivity contribution is 0.180. The Labute approximate surface area is 183 Å². The van der Waals surface area contributed by atoms with Gasteiger partial charge in [-0.05, 0) is 37.7 Å². The van der Waals surface area contributed by atoms with Crippen LogP contribution in [0, 0.1) is 0 Å². The van der Waals surface area contributed by atoms with E-state index < -0.39 is 0 Å². The van der Waals surface area contributed by atoms with Crippen LogP contribution in [0.2, 0.25) is 0 Å². The first-order chi connectivity index (χ1) is 13.8. The number of unbranched alkanes of at least 4 members (excludes halogenated alkanes) is 18. The number of aliphatic hydroxyl groups excluding tert-OH is 1. The van der Waals surface area contributed by atoms with Gasteiger partial charge < -0.3 is 5.11 Å². The van der Waals surface area contributed by atoms with E-state index in [0.29, 0.717) is 0 Å². The molecule has 0 aliphatic carbocycles. The Morgan fingerprint density at radius 1 is 0.500 bits per heavy atom. The first kappa shape index (κ1) is 28.3. The number of hydrogen-bond donors (Lipinski definition) is 1. The van der Waals surface area contributed by atoms with E-state index in [9.17, 15) is 5.11 Å². The van der Waals surface area contributed by atoms with Gasteiger partial charge in [0, 0.05) is 0 Å². The first-order valence-corrected chi connectivity index (χ1v) is 14.2. The number of aliphatic hydroxyl groups is 1. The van der Waals surface area contributed by atoms with Crippen LogP contribution in [0.3, 0.4) is 0 Å². The van der Waals surface area contributed by atoms with Gasteiger partial charge in [-0.15, -0.1) is 0 Å². The predicted octanol–water partition coefficient (Wildman–Crippen LogP) is 9.31. The lowest BCUT2D eigenvalue weighted by atomic mass is 10.0. The molecule has 0 fully saturated rings. The molecule has 0 amide bonds. The Morgan fingerprint density at radius 3 is 1.18 bits per heavy atom. The molecule has 28 heavy (non-hydrogen) atoms. The molecule has 0 saturated heterocycles. The van der Waals surface area contributed by atoms with Crippen LogP contribution in [0.4, 0.5) is 0 Å². The average Bonchev–Trinajstić information content (AvgIpc) is 2.68. The summed E-state index contributed by atoms with van der Waals surface area (Å²) >= 11 is 2.16. The maximum Gasteiger partial charge on any atom is 0.0512 e. The molecule has 0 aromatic carbocycles. The molecule has 0 spiro atoms. The Hall–Kier alpha value is 0.310. The summed E-state index contributed by atoms with van der Waals surface area (Å²) in [6.45, 7) is 4.19. The summed E-state index contributed by atoms with van der Waals surface area (Å²) in [6.07, 6.45) is 29.3. The second-order valence-corrected chi connectivity index (χ2v) is 10.2. The van der Waals surface area contributed by atoms with Crippen molar-refractivity contribution in [3.8, 4) is 0 Å². The minimum atomic E-state index is -0.103. The van der Waals surface area contributed by atoms with Crippen molar-refractivity contribution in [1.29, 1.82) is 0 Å². The fourth-order valence-corrected chi connectivity index (χ4v) is 4.93. The predicted molar refractivity (Wildman–Crippen MR) is 132 cm³/mol. The molecule has 1 N–H and O–H groups in total. The van der Waals surface area contributed by atoms with Crippen LogP contribution in [0.5, 0.6) is 0 Å². The van der Waals surface area contributed by atoms with Gasteiger partial charge >= 0.3 is 0 Å². The minimum Gasteiger partial charge on any atom is -0.393 e. The highest BCUT2D eigenvalue weighted by Gasteiger charge is 1.97. The molecule has 1 unspecified atom stereocenters. The van der Waals surface area contributed by atoms with E-state index in [1.807, 2.05) is 6.92 Å². The molecule has 1 atom stereocenters. The molecule has 0 heterocycles. The van der Waals surface area contributed by atoms with Crippen molar-refractivity contribution in [3.05, 3.63) is 0 Å². The van der Waals surface area contributed by atoms with Gasteiger partial charge in [0.05, 0.1) is 6.10 Å². The Balaban J connectivity index is 2.98. The standard InChI is InChI=1S/C26H54OS/c1-3-4-24-28-25-22-20-18-16-14-12-10-8-6-5-7-9-11-13-15-17-19-21-23-26(2)27/h26-27H,3-25H2,1-2H3. The molecule has 170 valence electrons. The van der Waals surface area contributed by atoms with Gasteiger partial charge in [0.1, 0.15) is 0 Å². The summed E-state index contributed by atoms with van der Waals surface area (Å²) in [5.41, 5.74) is 0. The van der Waals surface area contributed by atoms with Gasteiger partial charge in [-0.1, -0.05) is 122 Å². The van der Waals surface area contributed by atoms with Crippen molar-refractivity contribution in [2.75, 3.05) is 11.5 Å². The third kappa shape index (κ3) is 26.3. The largest absolute Gasteiger partial charge is 0.393 e. The summed E-state index contributed by atoms with van der Waals surface area (Å²) in [7, 11) is 0. The summed E-state index contributed by atoms with van der Waals surface area (Å²) in [5, 5.41) is 9.22. The van der Waals surface area contributed by atoms with Crippen molar-refractivity contribution in [3.63, 3.8) is 0 Å². The number of hydrogen-bond acceptors (Lipinski definition) is 2. The zero-order valence-electron chi connectivity index (χ0n) is 19.7. The average molecular weight is 415 g/mol. The van der Waals surface area contributed by atoms with Crippen LogP contribution >= 0.6 is 11.8 Å². The lowest BCUT2D eigenvalue weighted by Crippen LogP contribution is -1.98. The third-order valence-electron chi connectivity index (χ3n) is 5.80. The van der Waals surface area contributed by atoms with E-state index in [2.05, 4.69) is 18.7 Å². The molecule has 1 nitrogen and oxygen atoms in total. The van der Waals surface area contributed by atoms with Crippen molar-refractivity contribution < 1.29 is 5.11 Å². The highest BCUT2D eigenvalue weighted by atomic mass is 32.2. The summed E-state index contributed by atoms with van der Waals surface area (Å²) in [5.74, 6) is 2.77. The molecule has 0 saturated carbocycles. The summed E-state index contributed by atoms with van der Waals surface area (Å²) in [6, 6.07) is 0. The van der Waals surface area contributed by atoms with Crippen molar-refractivity contribution in [1.82, 2.24) is 0 Å². The maximum atomic E-state index is 9.22. The number of rotatable bonds is 24. The van der Waals surface area contributed by atoms with E-state index in [-0.39, 0.29) is 6.10 Å². The van der Waals surface area contributed by atoms with Crippen molar-refractivity contribution in [2.24, 2.45) is 0 Å². The molecular formula is C26H54OS. The highest BCUT2D eigenvalue weighted by Crippen LogP contribution is 2.15. The Kier molecular flexibility index (Phi) is 25.6. The SMILES string of the molecule is CCCCSCCCCCCCCCCCCCCCCCCCCC(C)O. The molecule has 0 rings (SSSR count). The van der Waals surface area contributed by atoms with Gasteiger partial charge in [-0.2, -0.15) is 11.8 Å².